The Morgan fingerprint density at radius 3 is 2.36 bits per heavy atom. The van der Waals surface area contributed by atoms with Crippen LogP contribution in [0.5, 0.6) is 0 Å². The summed E-state index contributed by atoms with van der Waals surface area (Å²) in [7, 11) is 0. The summed E-state index contributed by atoms with van der Waals surface area (Å²) in [6, 6.07) is 7.80. The van der Waals surface area contributed by atoms with Gasteiger partial charge in [-0.15, -0.1) is 0 Å². The van der Waals surface area contributed by atoms with Gasteiger partial charge in [0.25, 0.3) is 0 Å². The third kappa shape index (κ3) is 5.62. The van der Waals surface area contributed by atoms with Gasteiger partial charge in [0.15, 0.2) is 0 Å². The zero-order chi connectivity index (χ0) is 26.6. The molecule has 5 heteroatoms. The molecule has 0 fully saturated rings. The van der Waals surface area contributed by atoms with Gasteiger partial charge in [-0.25, -0.2) is 4.39 Å². The summed E-state index contributed by atoms with van der Waals surface area (Å²) in [5.74, 6) is 0.337. The van der Waals surface area contributed by atoms with Crippen LogP contribution < -0.4 is 11.1 Å². The van der Waals surface area contributed by atoms with Crippen molar-refractivity contribution in [3.05, 3.63) is 99.4 Å². The molecule has 2 aromatic carbocycles. The first-order valence-electron chi connectivity index (χ1n) is 12.5. The molecule has 0 aliphatic heterocycles. The number of aromatic nitrogens is 1. The molecule has 1 aromatic heterocycles. The van der Waals surface area contributed by atoms with Crippen molar-refractivity contribution in [1.29, 1.82) is 0 Å². The molecule has 4 nitrogen and oxygen atoms in total. The van der Waals surface area contributed by atoms with Crippen LogP contribution in [0.25, 0.3) is 16.5 Å². The Kier molecular flexibility index (Phi) is 8.57. The van der Waals surface area contributed by atoms with E-state index in [1.807, 2.05) is 26.8 Å². The minimum absolute atomic E-state index is 0.227. The predicted octanol–water partition coefficient (Wildman–Crippen LogP) is 7.11. The van der Waals surface area contributed by atoms with Gasteiger partial charge in [0.05, 0.1) is 11.2 Å². The van der Waals surface area contributed by atoms with Crippen LogP contribution in [-0.2, 0) is 12.8 Å². The maximum absolute atomic E-state index is 14.3. The standard InChI is InChI=1S/C31H39FN4/c1-9-25-20(5)15-24(16-21(25)6)19(4)17-28(34-10-2)22(7)31(33)35-14-13-26-23(8)36-30-27(32)12-11-18(3)29(26)30/h10-12,15-17,35-36H,2,9,13-14,33H2,1,3-8H3/b19-17+,31-22+,34-28-. The fourth-order valence-corrected chi connectivity index (χ4v) is 4.96. The highest BCUT2D eigenvalue weighted by atomic mass is 19.1. The molecule has 1 heterocycles. The smallest absolute Gasteiger partial charge is 0.147 e. The van der Waals surface area contributed by atoms with E-state index >= 15 is 0 Å². The summed E-state index contributed by atoms with van der Waals surface area (Å²) in [6.45, 7) is 19.0. The molecule has 0 saturated carbocycles. The highest BCUT2D eigenvalue weighted by Gasteiger charge is 2.14. The molecular formula is C31H39FN4. The lowest BCUT2D eigenvalue weighted by Crippen LogP contribution is -2.25. The summed E-state index contributed by atoms with van der Waals surface area (Å²) in [5, 5.41) is 4.30. The fraction of sp³-hybridized carbons (Fsp3) is 0.323. The van der Waals surface area contributed by atoms with Gasteiger partial charge >= 0.3 is 0 Å². The van der Waals surface area contributed by atoms with E-state index in [-0.39, 0.29) is 5.82 Å². The van der Waals surface area contributed by atoms with Crippen molar-refractivity contribution >= 4 is 22.2 Å². The number of rotatable bonds is 9. The van der Waals surface area contributed by atoms with Crippen molar-refractivity contribution in [3.8, 4) is 0 Å². The van der Waals surface area contributed by atoms with Crippen molar-refractivity contribution in [3.63, 3.8) is 0 Å². The largest absolute Gasteiger partial charge is 0.385 e. The first kappa shape index (κ1) is 27.0. The number of nitrogens with one attached hydrogen (secondary N) is 2. The van der Waals surface area contributed by atoms with Gasteiger partial charge < -0.3 is 16.0 Å². The Hall–Kier alpha value is -3.60. The maximum atomic E-state index is 14.3. The number of allylic oxidation sites excluding steroid dienone is 3. The number of benzene rings is 2. The molecule has 3 aromatic rings. The van der Waals surface area contributed by atoms with Crippen LogP contribution in [0.3, 0.4) is 0 Å². The molecule has 0 spiro atoms. The minimum atomic E-state index is -0.227. The van der Waals surface area contributed by atoms with E-state index in [0.717, 1.165) is 51.9 Å². The molecule has 0 aliphatic rings. The van der Waals surface area contributed by atoms with Gasteiger partial charge in [0.1, 0.15) is 11.6 Å². The number of nitrogens with zero attached hydrogens (tertiary/aromatic N) is 1. The molecule has 4 N–H and O–H groups in total. The van der Waals surface area contributed by atoms with Crippen molar-refractivity contribution < 1.29 is 4.39 Å². The van der Waals surface area contributed by atoms with E-state index < -0.39 is 0 Å². The van der Waals surface area contributed by atoms with Gasteiger partial charge in [-0.05, 0) is 105 Å². The minimum Gasteiger partial charge on any atom is -0.385 e. The lowest BCUT2D eigenvalue weighted by Gasteiger charge is -2.14. The second kappa shape index (κ2) is 11.4. The molecule has 0 unspecified atom stereocenters. The lowest BCUT2D eigenvalue weighted by molar-refractivity contribution is 0.637. The average Bonchev–Trinajstić information content (AvgIpc) is 3.17. The Bertz CT molecular complexity index is 1360. The monoisotopic (exact) mass is 486 g/mol. The number of nitrogens with two attached hydrogens (primary N) is 1. The zero-order valence-corrected chi connectivity index (χ0v) is 22.7. The summed E-state index contributed by atoms with van der Waals surface area (Å²) >= 11 is 0. The van der Waals surface area contributed by atoms with Crippen molar-refractivity contribution in [2.24, 2.45) is 10.7 Å². The van der Waals surface area contributed by atoms with Crippen molar-refractivity contribution in [1.82, 2.24) is 10.3 Å². The Morgan fingerprint density at radius 2 is 1.75 bits per heavy atom. The van der Waals surface area contributed by atoms with E-state index in [2.05, 4.69) is 67.8 Å². The second-order valence-electron chi connectivity index (χ2n) is 9.52. The summed E-state index contributed by atoms with van der Waals surface area (Å²) < 4.78 is 14.3. The predicted molar refractivity (Wildman–Crippen MR) is 153 cm³/mol. The zero-order valence-electron chi connectivity index (χ0n) is 22.7. The Morgan fingerprint density at radius 1 is 1.08 bits per heavy atom. The topological polar surface area (TPSA) is 66.2 Å². The normalized spacial score (nSPS) is 13.2. The first-order chi connectivity index (χ1) is 17.1. The third-order valence-corrected chi connectivity index (χ3v) is 7.00. The number of halogens is 1. The Balaban J connectivity index is 1.82. The number of hydrogen-bond acceptors (Lipinski definition) is 3. The molecular weight excluding hydrogens is 447 g/mol. The van der Waals surface area contributed by atoms with Gasteiger partial charge in [0, 0.05) is 29.4 Å². The van der Waals surface area contributed by atoms with Crippen molar-refractivity contribution in [2.75, 3.05) is 6.54 Å². The number of aryl methyl sites for hydroxylation is 4. The lowest BCUT2D eigenvalue weighted by atomic mass is 9.94. The molecule has 0 atom stereocenters. The van der Waals surface area contributed by atoms with Crippen LogP contribution in [0.1, 0.15) is 59.8 Å². The van der Waals surface area contributed by atoms with Crippen LogP contribution in [-0.4, -0.2) is 17.2 Å². The molecule has 0 amide bonds. The number of fused-ring (bicyclic) bond motifs is 1. The van der Waals surface area contributed by atoms with E-state index in [1.54, 1.807) is 6.20 Å². The number of aliphatic imine (C=N–C) groups is 1. The van der Waals surface area contributed by atoms with E-state index in [0.29, 0.717) is 17.9 Å². The number of aromatic amines is 1. The molecule has 36 heavy (non-hydrogen) atoms. The number of H-pyrrole nitrogens is 1. The van der Waals surface area contributed by atoms with Crippen LogP contribution in [0.2, 0.25) is 0 Å². The molecule has 3 rings (SSSR count). The van der Waals surface area contributed by atoms with E-state index in [1.165, 1.54) is 28.3 Å². The summed E-state index contributed by atoms with van der Waals surface area (Å²) in [6.07, 6.45) is 5.34. The molecule has 0 bridgehead atoms. The van der Waals surface area contributed by atoms with Crippen LogP contribution in [0.4, 0.5) is 4.39 Å². The van der Waals surface area contributed by atoms with Gasteiger partial charge in [-0.2, -0.15) is 0 Å². The first-order valence-corrected chi connectivity index (χ1v) is 12.5. The van der Waals surface area contributed by atoms with Gasteiger partial charge in [0.2, 0.25) is 0 Å². The molecule has 0 saturated heterocycles. The maximum Gasteiger partial charge on any atom is 0.147 e. The van der Waals surface area contributed by atoms with Crippen molar-refractivity contribution in [2.45, 2.75) is 61.3 Å². The quantitative estimate of drug-likeness (QED) is 0.282. The van der Waals surface area contributed by atoms with E-state index in [9.17, 15) is 4.39 Å². The molecule has 0 aliphatic carbocycles. The molecule has 0 radical (unpaired) electrons. The average molecular weight is 487 g/mol. The molecule has 190 valence electrons. The SMILES string of the molecule is C=C/N=C(/C=C(\C)c1cc(C)c(CC)c(C)c1)C(\C)=C(/N)NCCc1c(C)[nH]c2c(F)ccc(C)c12. The van der Waals surface area contributed by atoms with Crippen LogP contribution >= 0.6 is 0 Å². The highest BCUT2D eigenvalue weighted by molar-refractivity contribution is 6.12. The van der Waals surface area contributed by atoms with E-state index in [4.69, 9.17) is 5.73 Å². The second-order valence-corrected chi connectivity index (χ2v) is 9.52. The van der Waals surface area contributed by atoms with Gasteiger partial charge in [-0.1, -0.05) is 31.7 Å². The van der Waals surface area contributed by atoms with Crippen LogP contribution in [0.15, 0.2) is 59.5 Å². The third-order valence-electron chi connectivity index (χ3n) is 7.00. The van der Waals surface area contributed by atoms with Crippen LogP contribution in [0, 0.1) is 33.5 Å². The summed E-state index contributed by atoms with van der Waals surface area (Å²) in [4.78, 5) is 7.70. The fourth-order valence-electron chi connectivity index (χ4n) is 4.96. The summed E-state index contributed by atoms with van der Waals surface area (Å²) in [5.41, 5.74) is 18.1. The number of hydrogen-bond donors (Lipinski definition) is 3. The van der Waals surface area contributed by atoms with Gasteiger partial charge in [-0.3, -0.25) is 4.99 Å². The Labute approximate surface area is 214 Å². The highest BCUT2D eigenvalue weighted by Crippen LogP contribution is 2.28.